The minimum Gasteiger partial charge on any atom is -0.481 e. The van der Waals surface area contributed by atoms with E-state index in [2.05, 4.69) is 38.1 Å². The highest BCUT2D eigenvalue weighted by molar-refractivity contribution is 5.42. The molecule has 0 amide bonds. The van der Waals surface area contributed by atoms with Crippen molar-refractivity contribution in [3.05, 3.63) is 41.1 Å². The molecule has 2 rings (SSSR count). The standard InChI is InChI=1S/C16H23N3O/c1-4-15-14(6-5-11-17)16(20-3)19(18-15)13-9-7-12(2)8-10-13/h7-10H,4-6,11,17H2,1-3H3. The van der Waals surface area contributed by atoms with Gasteiger partial charge in [-0.25, -0.2) is 4.68 Å². The maximum Gasteiger partial charge on any atom is 0.219 e. The Morgan fingerprint density at radius 3 is 2.50 bits per heavy atom. The van der Waals surface area contributed by atoms with Crippen LogP contribution in [0.15, 0.2) is 24.3 Å². The van der Waals surface area contributed by atoms with E-state index in [-0.39, 0.29) is 0 Å². The van der Waals surface area contributed by atoms with Gasteiger partial charge in [-0.2, -0.15) is 5.10 Å². The molecule has 0 saturated carbocycles. The lowest BCUT2D eigenvalue weighted by molar-refractivity contribution is 0.379. The van der Waals surface area contributed by atoms with Crippen LogP contribution >= 0.6 is 0 Å². The molecule has 0 fully saturated rings. The van der Waals surface area contributed by atoms with E-state index in [4.69, 9.17) is 15.6 Å². The van der Waals surface area contributed by atoms with E-state index >= 15 is 0 Å². The van der Waals surface area contributed by atoms with Crippen molar-refractivity contribution in [3.8, 4) is 11.6 Å². The van der Waals surface area contributed by atoms with Crippen LogP contribution in [0.5, 0.6) is 5.88 Å². The zero-order valence-corrected chi connectivity index (χ0v) is 12.5. The predicted octanol–water partition coefficient (Wildman–Crippen LogP) is 2.64. The van der Waals surface area contributed by atoms with Crippen molar-refractivity contribution in [2.75, 3.05) is 13.7 Å². The molecule has 4 nitrogen and oxygen atoms in total. The summed E-state index contributed by atoms with van der Waals surface area (Å²) >= 11 is 0. The number of nitrogens with zero attached hydrogens (tertiary/aromatic N) is 2. The normalized spacial score (nSPS) is 10.8. The molecule has 0 atom stereocenters. The van der Waals surface area contributed by atoms with Crippen LogP contribution in [0.25, 0.3) is 5.69 Å². The summed E-state index contributed by atoms with van der Waals surface area (Å²) in [5.74, 6) is 0.833. The summed E-state index contributed by atoms with van der Waals surface area (Å²) in [6.07, 6.45) is 2.76. The maximum atomic E-state index is 5.63. The molecule has 0 saturated heterocycles. The fraction of sp³-hybridized carbons (Fsp3) is 0.438. The molecule has 20 heavy (non-hydrogen) atoms. The van der Waals surface area contributed by atoms with Gasteiger partial charge in [0.2, 0.25) is 5.88 Å². The molecule has 0 aliphatic carbocycles. The van der Waals surface area contributed by atoms with E-state index in [0.29, 0.717) is 6.54 Å². The van der Waals surface area contributed by atoms with Gasteiger partial charge in [-0.3, -0.25) is 0 Å². The van der Waals surface area contributed by atoms with Crippen LogP contribution in [0, 0.1) is 6.92 Å². The lowest BCUT2D eigenvalue weighted by atomic mass is 10.1. The van der Waals surface area contributed by atoms with E-state index in [1.165, 1.54) is 11.1 Å². The molecule has 0 aliphatic rings. The SMILES string of the molecule is CCc1nn(-c2ccc(C)cc2)c(OC)c1CCCN. The monoisotopic (exact) mass is 273 g/mol. The Bertz CT molecular complexity index is 558. The van der Waals surface area contributed by atoms with Gasteiger partial charge in [0.15, 0.2) is 0 Å². The topological polar surface area (TPSA) is 53.1 Å². The van der Waals surface area contributed by atoms with Crippen molar-refractivity contribution in [1.29, 1.82) is 0 Å². The van der Waals surface area contributed by atoms with Crippen LogP contribution in [0.2, 0.25) is 0 Å². The average molecular weight is 273 g/mol. The van der Waals surface area contributed by atoms with E-state index in [0.717, 1.165) is 36.5 Å². The molecule has 1 heterocycles. The van der Waals surface area contributed by atoms with Crippen molar-refractivity contribution in [2.24, 2.45) is 5.73 Å². The summed E-state index contributed by atoms with van der Waals surface area (Å²) in [7, 11) is 1.70. The van der Waals surface area contributed by atoms with Gasteiger partial charge in [-0.15, -0.1) is 0 Å². The Labute approximate surface area is 120 Å². The second kappa shape index (κ2) is 6.57. The molecule has 1 aromatic heterocycles. The summed E-state index contributed by atoms with van der Waals surface area (Å²) in [6, 6.07) is 8.30. The van der Waals surface area contributed by atoms with E-state index in [1.807, 2.05) is 4.68 Å². The highest BCUT2D eigenvalue weighted by atomic mass is 16.5. The van der Waals surface area contributed by atoms with Gasteiger partial charge in [0.05, 0.1) is 18.5 Å². The minimum atomic E-state index is 0.683. The molecular weight excluding hydrogens is 250 g/mol. The number of hydrogen-bond acceptors (Lipinski definition) is 3. The number of benzene rings is 1. The number of ether oxygens (including phenoxy) is 1. The molecule has 0 spiro atoms. The smallest absolute Gasteiger partial charge is 0.219 e. The molecule has 2 aromatic rings. The molecule has 0 aliphatic heterocycles. The molecule has 1 aromatic carbocycles. The molecule has 2 N–H and O–H groups in total. The highest BCUT2D eigenvalue weighted by Crippen LogP contribution is 2.27. The van der Waals surface area contributed by atoms with Gasteiger partial charge in [0.1, 0.15) is 0 Å². The van der Waals surface area contributed by atoms with Gasteiger partial charge in [0.25, 0.3) is 0 Å². The van der Waals surface area contributed by atoms with E-state index in [9.17, 15) is 0 Å². The first-order chi connectivity index (χ1) is 9.71. The van der Waals surface area contributed by atoms with Crippen LogP contribution in [0.3, 0.4) is 0 Å². The van der Waals surface area contributed by atoms with Gasteiger partial charge in [-0.05, 0) is 44.9 Å². The predicted molar refractivity (Wildman–Crippen MR) is 81.6 cm³/mol. The van der Waals surface area contributed by atoms with Crippen LogP contribution in [-0.4, -0.2) is 23.4 Å². The highest BCUT2D eigenvalue weighted by Gasteiger charge is 2.18. The second-order valence-corrected chi connectivity index (χ2v) is 4.93. The third-order valence-electron chi connectivity index (χ3n) is 3.46. The van der Waals surface area contributed by atoms with E-state index in [1.54, 1.807) is 7.11 Å². The van der Waals surface area contributed by atoms with Crippen molar-refractivity contribution >= 4 is 0 Å². The fourth-order valence-electron chi connectivity index (χ4n) is 2.36. The third kappa shape index (κ3) is 2.85. The molecule has 4 heteroatoms. The Kier molecular flexibility index (Phi) is 4.79. The van der Waals surface area contributed by atoms with Gasteiger partial charge >= 0.3 is 0 Å². The largest absolute Gasteiger partial charge is 0.481 e. The zero-order chi connectivity index (χ0) is 14.5. The lowest BCUT2D eigenvalue weighted by Crippen LogP contribution is -2.03. The Morgan fingerprint density at radius 1 is 1.25 bits per heavy atom. The summed E-state index contributed by atoms with van der Waals surface area (Å²) in [6.45, 7) is 4.88. The fourth-order valence-corrected chi connectivity index (χ4v) is 2.36. The first kappa shape index (κ1) is 14.6. The minimum absolute atomic E-state index is 0.683. The summed E-state index contributed by atoms with van der Waals surface area (Å²) < 4.78 is 7.49. The third-order valence-corrected chi connectivity index (χ3v) is 3.46. The van der Waals surface area contributed by atoms with Crippen molar-refractivity contribution in [2.45, 2.75) is 33.1 Å². The number of aromatic nitrogens is 2. The molecule has 0 radical (unpaired) electrons. The molecular formula is C16H23N3O. The van der Waals surface area contributed by atoms with Gasteiger partial charge < -0.3 is 10.5 Å². The quantitative estimate of drug-likeness (QED) is 0.880. The first-order valence-electron chi connectivity index (χ1n) is 7.13. The number of hydrogen-bond donors (Lipinski definition) is 1. The van der Waals surface area contributed by atoms with Gasteiger partial charge in [-0.1, -0.05) is 24.6 Å². The maximum absolute atomic E-state index is 5.63. The number of aryl methyl sites for hydroxylation is 2. The van der Waals surface area contributed by atoms with Crippen LogP contribution < -0.4 is 10.5 Å². The van der Waals surface area contributed by atoms with Crippen LogP contribution in [0.4, 0.5) is 0 Å². The zero-order valence-electron chi connectivity index (χ0n) is 12.5. The Hall–Kier alpha value is -1.81. The molecule has 0 bridgehead atoms. The summed E-state index contributed by atoms with van der Waals surface area (Å²) in [5.41, 5.74) is 10.2. The number of methoxy groups -OCH3 is 1. The van der Waals surface area contributed by atoms with Crippen LogP contribution in [0.1, 0.15) is 30.2 Å². The van der Waals surface area contributed by atoms with E-state index < -0.39 is 0 Å². The van der Waals surface area contributed by atoms with Crippen molar-refractivity contribution in [3.63, 3.8) is 0 Å². The van der Waals surface area contributed by atoms with Gasteiger partial charge in [0, 0.05) is 5.56 Å². The van der Waals surface area contributed by atoms with Crippen LogP contribution in [-0.2, 0) is 12.8 Å². The van der Waals surface area contributed by atoms with Crippen molar-refractivity contribution < 1.29 is 4.74 Å². The lowest BCUT2D eigenvalue weighted by Gasteiger charge is -2.08. The van der Waals surface area contributed by atoms with Crippen molar-refractivity contribution in [1.82, 2.24) is 9.78 Å². The number of nitrogens with two attached hydrogens (primary N) is 1. The Morgan fingerprint density at radius 2 is 1.95 bits per heavy atom. The second-order valence-electron chi connectivity index (χ2n) is 4.93. The molecule has 0 unspecified atom stereocenters. The average Bonchev–Trinajstić information content (AvgIpc) is 2.83. The molecule has 108 valence electrons. The Balaban J connectivity index is 2.47. The summed E-state index contributed by atoms with van der Waals surface area (Å²) in [4.78, 5) is 0. The first-order valence-corrected chi connectivity index (χ1v) is 7.13. The summed E-state index contributed by atoms with van der Waals surface area (Å²) in [5, 5.41) is 4.70. The number of rotatable bonds is 6.